The van der Waals surface area contributed by atoms with E-state index < -0.39 is 24.4 Å². The van der Waals surface area contributed by atoms with Crippen molar-refractivity contribution in [2.24, 2.45) is 0 Å². The van der Waals surface area contributed by atoms with Gasteiger partial charge in [-0.3, -0.25) is 0 Å². The van der Waals surface area contributed by atoms with Crippen molar-refractivity contribution in [3.63, 3.8) is 0 Å². The predicted octanol–water partition coefficient (Wildman–Crippen LogP) is 2.41. The maximum Gasteiger partial charge on any atom is 0.433 e. The largest absolute Gasteiger partial charge is 0.433 e. The van der Waals surface area contributed by atoms with Crippen LogP contribution in [0.4, 0.5) is 22.0 Å². The molecule has 84 valence electrons. The Labute approximate surface area is 80.9 Å². The third-order valence-electron chi connectivity index (χ3n) is 1.31. The summed E-state index contributed by atoms with van der Waals surface area (Å²) in [6.45, 7) is -2.08. The second-order valence-corrected chi connectivity index (χ2v) is 2.51. The molecular formula is C7H5F5N2O. The fourth-order valence-corrected chi connectivity index (χ4v) is 0.837. The second-order valence-electron chi connectivity index (χ2n) is 2.51. The minimum atomic E-state index is -4.71. The van der Waals surface area contributed by atoms with Crippen LogP contribution in [0.15, 0.2) is 6.07 Å². The summed E-state index contributed by atoms with van der Waals surface area (Å²) < 4.78 is 63.6. The van der Waals surface area contributed by atoms with Gasteiger partial charge in [0.05, 0.1) is 0 Å². The Morgan fingerprint density at radius 2 is 1.87 bits per heavy atom. The van der Waals surface area contributed by atoms with Crippen molar-refractivity contribution in [1.82, 2.24) is 9.97 Å². The number of rotatable bonds is 2. The van der Waals surface area contributed by atoms with Crippen molar-refractivity contribution in [2.45, 2.75) is 19.7 Å². The molecule has 0 fully saturated rings. The summed E-state index contributed by atoms with van der Waals surface area (Å²) in [6.07, 6.45) is -4.71. The molecular weight excluding hydrogens is 223 g/mol. The Kier molecular flexibility index (Phi) is 3.06. The van der Waals surface area contributed by atoms with E-state index in [1.54, 1.807) is 0 Å². The van der Waals surface area contributed by atoms with Crippen LogP contribution in [0, 0.1) is 6.92 Å². The van der Waals surface area contributed by atoms with E-state index in [-0.39, 0.29) is 5.82 Å². The lowest BCUT2D eigenvalue weighted by atomic mass is 10.4. The summed E-state index contributed by atoms with van der Waals surface area (Å²) >= 11 is 0. The van der Waals surface area contributed by atoms with Crippen LogP contribution in [0.2, 0.25) is 0 Å². The molecule has 0 amide bonds. The van der Waals surface area contributed by atoms with Crippen molar-refractivity contribution in [3.8, 4) is 5.88 Å². The van der Waals surface area contributed by atoms with Gasteiger partial charge in [-0.1, -0.05) is 0 Å². The Bertz CT molecular complexity index is 352. The lowest BCUT2D eigenvalue weighted by Crippen LogP contribution is -2.12. The van der Waals surface area contributed by atoms with Crippen LogP contribution >= 0.6 is 0 Å². The molecule has 1 aromatic heterocycles. The lowest BCUT2D eigenvalue weighted by Gasteiger charge is -2.08. The van der Waals surface area contributed by atoms with Crippen LogP contribution < -0.4 is 4.74 Å². The summed E-state index contributed by atoms with van der Waals surface area (Å²) in [5.74, 6) is -1.09. The van der Waals surface area contributed by atoms with Crippen LogP contribution in [0.25, 0.3) is 0 Å². The maximum absolute atomic E-state index is 12.2. The van der Waals surface area contributed by atoms with Gasteiger partial charge < -0.3 is 4.74 Å². The molecule has 0 saturated carbocycles. The number of aromatic nitrogens is 2. The molecule has 0 spiro atoms. The zero-order valence-corrected chi connectivity index (χ0v) is 7.35. The normalized spacial score (nSPS) is 11.9. The molecule has 0 N–H and O–H groups in total. The molecule has 0 aliphatic rings. The molecule has 0 aliphatic heterocycles. The molecule has 0 unspecified atom stereocenters. The number of halogens is 5. The molecule has 0 aromatic carbocycles. The topological polar surface area (TPSA) is 35.0 Å². The van der Waals surface area contributed by atoms with Crippen molar-refractivity contribution in [2.75, 3.05) is 0 Å². The number of hydrogen-bond donors (Lipinski definition) is 0. The SMILES string of the molecule is Cc1nc(OC(F)F)cc(C(F)(F)F)n1. The van der Waals surface area contributed by atoms with Crippen LogP contribution in [-0.4, -0.2) is 16.6 Å². The van der Waals surface area contributed by atoms with Crippen molar-refractivity contribution >= 4 is 0 Å². The van der Waals surface area contributed by atoms with Crippen molar-refractivity contribution < 1.29 is 26.7 Å². The molecule has 3 nitrogen and oxygen atoms in total. The molecule has 1 rings (SSSR count). The Hall–Kier alpha value is -1.47. The van der Waals surface area contributed by atoms with Gasteiger partial charge in [0.25, 0.3) is 0 Å². The quantitative estimate of drug-likeness (QED) is 0.729. The van der Waals surface area contributed by atoms with Crippen LogP contribution in [0.3, 0.4) is 0 Å². The molecule has 0 aliphatic carbocycles. The highest BCUT2D eigenvalue weighted by molar-refractivity contribution is 5.18. The van der Waals surface area contributed by atoms with Gasteiger partial charge >= 0.3 is 12.8 Å². The van der Waals surface area contributed by atoms with E-state index in [1.165, 1.54) is 0 Å². The zero-order valence-electron chi connectivity index (χ0n) is 7.35. The smallest absolute Gasteiger partial charge is 0.417 e. The van der Waals surface area contributed by atoms with Gasteiger partial charge in [0.15, 0.2) is 5.69 Å². The highest BCUT2D eigenvalue weighted by Crippen LogP contribution is 2.29. The third kappa shape index (κ3) is 3.30. The molecule has 1 heterocycles. The Balaban J connectivity index is 3.06. The number of nitrogens with zero attached hydrogens (tertiary/aromatic N) is 2. The fourth-order valence-electron chi connectivity index (χ4n) is 0.837. The molecule has 15 heavy (non-hydrogen) atoms. The number of hydrogen-bond acceptors (Lipinski definition) is 3. The van der Waals surface area contributed by atoms with E-state index in [9.17, 15) is 22.0 Å². The summed E-state index contributed by atoms with van der Waals surface area (Å²) in [5, 5.41) is 0. The zero-order chi connectivity index (χ0) is 11.6. The maximum atomic E-state index is 12.2. The number of ether oxygens (including phenoxy) is 1. The molecule has 0 atom stereocenters. The minimum absolute atomic E-state index is 0.291. The second kappa shape index (κ2) is 3.95. The highest BCUT2D eigenvalue weighted by atomic mass is 19.4. The van der Waals surface area contributed by atoms with Crippen LogP contribution in [-0.2, 0) is 6.18 Å². The first-order chi connectivity index (χ1) is 6.79. The third-order valence-corrected chi connectivity index (χ3v) is 1.31. The first-order valence-electron chi connectivity index (χ1n) is 3.66. The summed E-state index contributed by atoms with van der Waals surface area (Å²) in [6, 6.07) is 0.319. The Morgan fingerprint density at radius 1 is 1.27 bits per heavy atom. The van der Waals surface area contributed by atoms with Crippen LogP contribution in [0.1, 0.15) is 11.5 Å². The first-order valence-corrected chi connectivity index (χ1v) is 3.66. The molecule has 1 aromatic rings. The highest BCUT2D eigenvalue weighted by Gasteiger charge is 2.33. The fraction of sp³-hybridized carbons (Fsp3) is 0.429. The number of aryl methyl sites for hydroxylation is 1. The minimum Gasteiger partial charge on any atom is -0.417 e. The van der Waals surface area contributed by atoms with E-state index in [0.717, 1.165) is 6.92 Å². The van der Waals surface area contributed by atoms with E-state index in [1.807, 2.05) is 0 Å². The molecule has 0 bridgehead atoms. The van der Waals surface area contributed by atoms with Crippen molar-refractivity contribution in [3.05, 3.63) is 17.6 Å². The van der Waals surface area contributed by atoms with Gasteiger partial charge in [0, 0.05) is 6.07 Å². The van der Waals surface area contributed by atoms with Gasteiger partial charge in [-0.2, -0.15) is 26.9 Å². The standard InChI is InChI=1S/C7H5F5N2O/c1-3-13-4(7(10,11)12)2-5(14-3)15-6(8)9/h2,6H,1H3. The Morgan fingerprint density at radius 3 is 2.33 bits per heavy atom. The lowest BCUT2D eigenvalue weighted by molar-refractivity contribution is -0.141. The van der Waals surface area contributed by atoms with E-state index in [2.05, 4.69) is 14.7 Å². The average Bonchev–Trinajstić information content (AvgIpc) is 1.99. The number of alkyl halides is 5. The van der Waals surface area contributed by atoms with E-state index in [0.29, 0.717) is 6.07 Å². The van der Waals surface area contributed by atoms with Gasteiger partial charge in [0.2, 0.25) is 5.88 Å². The van der Waals surface area contributed by atoms with E-state index >= 15 is 0 Å². The molecule has 0 saturated heterocycles. The van der Waals surface area contributed by atoms with E-state index in [4.69, 9.17) is 0 Å². The van der Waals surface area contributed by atoms with Gasteiger partial charge in [-0.05, 0) is 6.92 Å². The molecule has 0 radical (unpaired) electrons. The summed E-state index contributed by atoms with van der Waals surface area (Å²) in [5.41, 5.74) is -1.31. The molecule has 8 heteroatoms. The first kappa shape index (κ1) is 11.6. The van der Waals surface area contributed by atoms with Crippen LogP contribution in [0.5, 0.6) is 5.88 Å². The predicted molar refractivity (Wildman–Crippen MR) is 38.4 cm³/mol. The van der Waals surface area contributed by atoms with Crippen molar-refractivity contribution in [1.29, 1.82) is 0 Å². The monoisotopic (exact) mass is 228 g/mol. The van der Waals surface area contributed by atoms with Gasteiger partial charge in [-0.25, -0.2) is 4.98 Å². The average molecular weight is 228 g/mol. The summed E-state index contributed by atoms with van der Waals surface area (Å²) in [7, 11) is 0. The van der Waals surface area contributed by atoms with Gasteiger partial charge in [0.1, 0.15) is 5.82 Å². The van der Waals surface area contributed by atoms with Gasteiger partial charge in [-0.15, -0.1) is 0 Å². The summed E-state index contributed by atoms with van der Waals surface area (Å²) in [4.78, 5) is 6.33.